The summed E-state index contributed by atoms with van der Waals surface area (Å²) in [6.07, 6.45) is 0.612. The molecular weight excluding hydrogens is 204 g/mol. The lowest BCUT2D eigenvalue weighted by Gasteiger charge is -2.01. The molecule has 0 fully saturated rings. The molecule has 2 heteroatoms. The fourth-order valence-corrected chi connectivity index (χ4v) is 1.66. The van der Waals surface area contributed by atoms with Gasteiger partial charge in [-0.3, -0.25) is 0 Å². The molecule has 0 N–H and O–H groups in total. The molecule has 0 aromatic heterocycles. The Labute approximate surface area is 75.2 Å². The maximum atomic E-state index is 10.3. The normalized spacial score (nSPS) is 10.1. The minimum atomic E-state index is -0.0400. The van der Waals surface area contributed by atoms with Gasteiger partial charge >= 0.3 is 0 Å². The molecule has 0 unspecified atom stereocenters. The number of benzene rings is 1. The van der Waals surface area contributed by atoms with E-state index >= 15 is 0 Å². The Morgan fingerprint density at radius 3 is 2.73 bits per heavy atom. The molecular formula is C9H10BrO. The van der Waals surface area contributed by atoms with E-state index in [4.69, 9.17) is 0 Å². The molecule has 11 heavy (non-hydrogen) atoms. The third-order valence-corrected chi connectivity index (χ3v) is 2.32. The summed E-state index contributed by atoms with van der Waals surface area (Å²) in [5.41, 5.74) is 2.32. The lowest BCUT2D eigenvalue weighted by Crippen LogP contribution is -1.90. The SMILES string of the molecule is Cc1ccc(CC[O])c(Br)c1. The summed E-state index contributed by atoms with van der Waals surface area (Å²) in [5.74, 6) is 0. The molecule has 0 spiro atoms. The van der Waals surface area contributed by atoms with Crippen molar-refractivity contribution in [3.8, 4) is 0 Å². The topological polar surface area (TPSA) is 19.9 Å². The summed E-state index contributed by atoms with van der Waals surface area (Å²) in [5, 5.41) is 10.3. The van der Waals surface area contributed by atoms with Gasteiger partial charge in [-0.15, -0.1) is 0 Å². The van der Waals surface area contributed by atoms with Crippen LogP contribution in [0.25, 0.3) is 0 Å². The second kappa shape index (κ2) is 3.88. The summed E-state index contributed by atoms with van der Waals surface area (Å²) >= 11 is 3.41. The van der Waals surface area contributed by atoms with Gasteiger partial charge in [0.05, 0.1) is 6.61 Å². The zero-order chi connectivity index (χ0) is 8.27. The van der Waals surface area contributed by atoms with E-state index < -0.39 is 0 Å². The second-order valence-corrected chi connectivity index (χ2v) is 3.40. The summed E-state index contributed by atoms with van der Waals surface area (Å²) in [7, 11) is 0. The lowest BCUT2D eigenvalue weighted by atomic mass is 10.1. The maximum absolute atomic E-state index is 10.3. The van der Waals surface area contributed by atoms with E-state index in [2.05, 4.69) is 15.9 Å². The monoisotopic (exact) mass is 213 g/mol. The van der Waals surface area contributed by atoms with Crippen molar-refractivity contribution < 1.29 is 5.11 Å². The first-order chi connectivity index (χ1) is 5.24. The van der Waals surface area contributed by atoms with Crippen LogP contribution in [0.4, 0.5) is 0 Å². The van der Waals surface area contributed by atoms with Crippen molar-refractivity contribution in [1.82, 2.24) is 0 Å². The average molecular weight is 214 g/mol. The van der Waals surface area contributed by atoms with Crippen LogP contribution in [0, 0.1) is 6.92 Å². The van der Waals surface area contributed by atoms with E-state index in [0.717, 1.165) is 10.0 Å². The van der Waals surface area contributed by atoms with Crippen LogP contribution in [0.3, 0.4) is 0 Å². The number of halogens is 1. The molecule has 0 atom stereocenters. The van der Waals surface area contributed by atoms with E-state index in [-0.39, 0.29) is 6.61 Å². The van der Waals surface area contributed by atoms with E-state index in [9.17, 15) is 5.11 Å². The number of hydrogen-bond donors (Lipinski definition) is 0. The van der Waals surface area contributed by atoms with Crippen LogP contribution >= 0.6 is 15.9 Å². The number of rotatable bonds is 2. The Morgan fingerprint density at radius 1 is 1.45 bits per heavy atom. The van der Waals surface area contributed by atoms with Gasteiger partial charge in [-0.05, 0) is 24.1 Å². The highest BCUT2D eigenvalue weighted by molar-refractivity contribution is 9.10. The predicted octanol–water partition coefficient (Wildman–Crippen LogP) is 2.73. The third kappa shape index (κ3) is 2.31. The Morgan fingerprint density at radius 2 is 2.18 bits per heavy atom. The third-order valence-electron chi connectivity index (χ3n) is 1.58. The van der Waals surface area contributed by atoms with Gasteiger partial charge in [-0.2, -0.15) is 0 Å². The molecule has 0 saturated heterocycles. The van der Waals surface area contributed by atoms with Crippen LogP contribution in [0.15, 0.2) is 22.7 Å². The molecule has 0 aliphatic rings. The molecule has 1 radical (unpaired) electrons. The summed E-state index contributed by atoms with van der Waals surface area (Å²) in [6.45, 7) is 1.99. The molecule has 0 aliphatic heterocycles. The molecule has 0 bridgehead atoms. The fourth-order valence-electron chi connectivity index (χ4n) is 0.965. The van der Waals surface area contributed by atoms with Gasteiger partial charge < -0.3 is 0 Å². The van der Waals surface area contributed by atoms with E-state index in [0.29, 0.717) is 6.42 Å². The van der Waals surface area contributed by atoms with Crippen molar-refractivity contribution in [2.24, 2.45) is 0 Å². The van der Waals surface area contributed by atoms with Crippen molar-refractivity contribution in [2.45, 2.75) is 13.3 Å². The molecule has 59 valence electrons. The average Bonchev–Trinajstić information content (AvgIpc) is 1.95. The molecule has 0 saturated carbocycles. The largest absolute Gasteiger partial charge is 0.236 e. The first-order valence-corrected chi connectivity index (χ1v) is 4.36. The summed E-state index contributed by atoms with van der Waals surface area (Å²) in [4.78, 5) is 0. The van der Waals surface area contributed by atoms with Crippen molar-refractivity contribution >= 4 is 15.9 Å². The van der Waals surface area contributed by atoms with Crippen LogP contribution in [-0.4, -0.2) is 6.61 Å². The Bertz CT molecular complexity index is 245. The number of hydrogen-bond acceptors (Lipinski definition) is 0. The Balaban J connectivity index is 2.90. The maximum Gasteiger partial charge on any atom is 0.0863 e. The van der Waals surface area contributed by atoms with Crippen molar-refractivity contribution in [1.29, 1.82) is 0 Å². The summed E-state index contributed by atoms with van der Waals surface area (Å²) in [6, 6.07) is 6.05. The zero-order valence-electron chi connectivity index (χ0n) is 6.43. The highest BCUT2D eigenvalue weighted by Gasteiger charge is 1.98. The Kier molecular flexibility index (Phi) is 3.09. The van der Waals surface area contributed by atoms with Crippen LogP contribution in [0.2, 0.25) is 0 Å². The predicted molar refractivity (Wildman–Crippen MR) is 48.1 cm³/mol. The molecule has 0 aliphatic carbocycles. The van der Waals surface area contributed by atoms with Gasteiger partial charge in [-0.1, -0.05) is 28.1 Å². The standard InChI is InChI=1S/C9H10BrO/c1-7-2-3-8(4-5-11)9(10)6-7/h2-3,6H,4-5H2,1H3. The second-order valence-electron chi connectivity index (χ2n) is 2.55. The first-order valence-electron chi connectivity index (χ1n) is 3.57. The van der Waals surface area contributed by atoms with Gasteiger partial charge in [0, 0.05) is 10.9 Å². The van der Waals surface area contributed by atoms with Crippen molar-refractivity contribution in [2.75, 3.05) is 6.61 Å². The minimum absolute atomic E-state index is 0.0400. The van der Waals surface area contributed by atoms with Gasteiger partial charge in [0.1, 0.15) is 0 Å². The van der Waals surface area contributed by atoms with Crippen LogP contribution in [0.1, 0.15) is 11.1 Å². The fraction of sp³-hybridized carbons (Fsp3) is 0.333. The quantitative estimate of drug-likeness (QED) is 0.721. The summed E-state index contributed by atoms with van der Waals surface area (Å²) < 4.78 is 1.05. The van der Waals surface area contributed by atoms with Gasteiger partial charge in [0.25, 0.3) is 0 Å². The Hall–Kier alpha value is -0.340. The molecule has 0 amide bonds. The highest BCUT2D eigenvalue weighted by Crippen LogP contribution is 2.18. The molecule has 1 nitrogen and oxygen atoms in total. The van der Waals surface area contributed by atoms with Gasteiger partial charge in [0.15, 0.2) is 0 Å². The van der Waals surface area contributed by atoms with Crippen LogP contribution in [-0.2, 0) is 11.5 Å². The van der Waals surface area contributed by atoms with E-state index in [1.807, 2.05) is 25.1 Å². The molecule has 1 aromatic carbocycles. The lowest BCUT2D eigenvalue weighted by molar-refractivity contribution is 0.197. The van der Waals surface area contributed by atoms with Gasteiger partial charge in [0.2, 0.25) is 0 Å². The molecule has 1 rings (SSSR count). The van der Waals surface area contributed by atoms with Crippen molar-refractivity contribution in [3.63, 3.8) is 0 Å². The molecule has 0 heterocycles. The van der Waals surface area contributed by atoms with Crippen LogP contribution < -0.4 is 0 Å². The molecule has 1 aromatic rings. The zero-order valence-corrected chi connectivity index (χ0v) is 8.02. The minimum Gasteiger partial charge on any atom is -0.236 e. The smallest absolute Gasteiger partial charge is 0.0863 e. The van der Waals surface area contributed by atoms with Crippen LogP contribution in [0.5, 0.6) is 0 Å². The number of aryl methyl sites for hydroxylation is 1. The highest BCUT2D eigenvalue weighted by atomic mass is 79.9. The van der Waals surface area contributed by atoms with E-state index in [1.54, 1.807) is 0 Å². The van der Waals surface area contributed by atoms with Crippen molar-refractivity contribution in [3.05, 3.63) is 33.8 Å². The van der Waals surface area contributed by atoms with Gasteiger partial charge in [-0.25, -0.2) is 5.11 Å². The first kappa shape index (κ1) is 8.75. The van der Waals surface area contributed by atoms with E-state index in [1.165, 1.54) is 5.56 Å².